The highest BCUT2D eigenvalue weighted by atomic mass is 14.9. The van der Waals surface area contributed by atoms with E-state index in [-0.39, 0.29) is 0 Å². The molecule has 17 heavy (non-hydrogen) atoms. The zero-order chi connectivity index (χ0) is 11.9. The average molecular weight is 229 g/mol. The number of hydrogen-bond donors (Lipinski definition) is 1. The van der Waals surface area contributed by atoms with Gasteiger partial charge >= 0.3 is 0 Å². The molecule has 2 atom stereocenters. The highest BCUT2D eigenvalue weighted by molar-refractivity contribution is 5.42. The van der Waals surface area contributed by atoms with E-state index < -0.39 is 0 Å². The van der Waals surface area contributed by atoms with Gasteiger partial charge in [0.2, 0.25) is 0 Å². The van der Waals surface area contributed by atoms with E-state index in [0.717, 1.165) is 5.92 Å². The fourth-order valence-corrected chi connectivity index (χ4v) is 3.82. The molecule has 1 heterocycles. The lowest BCUT2D eigenvalue weighted by atomic mass is 9.66. The zero-order valence-electron chi connectivity index (χ0n) is 11.1. The van der Waals surface area contributed by atoms with Gasteiger partial charge in [0.25, 0.3) is 0 Å². The van der Waals surface area contributed by atoms with Crippen LogP contribution in [-0.2, 0) is 12.8 Å². The molecule has 92 valence electrons. The maximum absolute atomic E-state index is 3.60. The Balaban J connectivity index is 2.04. The molecular weight excluding hydrogens is 206 g/mol. The van der Waals surface area contributed by atoms with Crippen molar-refractivity contribution in [1.82, 2.24) is 5.32 Å². The Morgan fingerprint density at radius 2 is 2.29 bits per heavy atom. The Hall–Kier alpha value is -0.820. The van der Waals surface area contributed by atoms with Gasteiger partial charge in [0.05, 0.1) is 0 Å². The van der Waals surface area contributed by atoms with Gasteiger partial charge in [-0.2, -0.15) is 0 Å². The van der Waals surface area contributed by atoms with Crippen LogP contribution < -0.4 is 5.32 Å². The molecule has 1 aromatic carbocycles. The monoisotopic (exact) mass is 229 g/mol. The Morgan fingerprint density at radius 1 is 1.41 bits per heavy atom. The van der Waals surface area contributed by atoms with Crippen LogP contribution in [0.3, 0.4) is 0 Å². The van der Waals surface area contributed by atoms with E-state index >= 15 is 0 Å². The summed E-state index contributed by atoms with van der Waals surface area (Å²) in [4.78, 5) is 0. The first-order chi connectivity index (χ1) is 8.24. The fourth-order valence-electron chi connectivity index (χ4n) is 3.82. The molecule has 1 saturated heterocycles. The molecule has 0 aromatic heterocycles. The number of aryl methyl sites for hydroxylation is 1. The largest absolute Gasteiger partial charge is 0.316 e. The summed E-state index contributed by atoms with van der Waals surface area (Å²) in [6.07, 6.45) is 5.16. The summed E-state index contributed by atoms with van der Waals surface area (Å²) in [5.74, 6) is 0.753. The minimum absolute atomic E-state index is 0.512. The minimum Gasteiger partial charge on any atom is -0.316 e. The lowest BCUT2D eigenvalue weighted by Gasteiger charge is -2.37. The van der Waals surface area contributed by atoms with Crippen molar-refractivity contribution in [2.45, 2.75) is 45.4 Å². The van der Waals surface area contributed by atoms with Crippen LogP contribution in [0.5, 0.6) is 0 Å². The van der Waals surface area contributed by atoms with Crippen molar-refractivity contribution in [2.75, 3.05) is 13.1 Å². The van der Waals surface area contributed by atoms with Crippen LogP contribution in [0.1, 0.15) is 49.3 Å². The van der Waals surface area contributed by atoms with Crippen molar-refractivity contribution in [1.29, 1.82) is 0 Å². The standard InChI is InChI=1S/C16H23N/c1-3-5-12-6-4-7-14-13(12)8-9-16(2)11-17-10-15(14)16/h4,6-7,15,17H,3,5,8-11H2,1-2H3. The third-order valence-corrected chi connectivity index (χ3v) is 4.87. The van der Waals surface area contributed by atoms with Gasteiger partial charge in [-0.05, 0) is 41.4 Å². The van der Waals surface area contributed by atoms with Gasteiger partial charge in [-0.25, -0.2) is 0 Å². The molecule has 1 nitrogen and oxygen atoms in total. The second kappa shape index (κ2) is 4.13. The van der Waals surface area contributed by atoms with Crippen molar-refractivity contribution >= 4 is 0 Å². The third-order valence-electron chi connectivity index (χ3n) is 4.87. The van der Waals surface area contributed by atoms with E-state index in [1.807, 2.05) is 0 Å². The summed E-state index contributed by atoms with van der Waals surface area (Å²) in [6.45, 7) is 7.13. The zero-order valence-corrected chi connectivity index (χ0v) is 11.1. The Bertz CT molecular complexity index is 424. The van der Waals surface area contributed by atoms with Crippen molar-refractivity contribution in [3.63, 3.8) is 0 Å². The van der Waals surface area contributed by atoms with Crippen LogP contribution in [0.25, 0.3) is 0 Å². The molecule has 0 bridgehead atoms. The molecule has 1 aromatic rings. The van der Waals surface area contributed by atoms with Crippen LogP contribution in [-0.4, -0.2) is 13.1 Å². The average Bonchev–Trinajstić information content (AvgIpc) is 2.72. The smallest absolute Gasteiger partial charge is 0.00323 e. The van der Waals surface area contributed by atoms with Crippen molar-refractivity contribution in [3.05, 3.63) is 34.9 Å². The van der Waals surface area contributed by atoms with Crippen LogP contribution in [0.15, 0.2) is 18.2 Å². The van der Waals surface area contributed by atoms with E-state index in [9.17, 15) is 0 Å². The molecule has 0 saturated carbocycles. The topological polar surface area (TPSA) is 12.0 Å². The van der Waals surface area contributed by atoms with Gasteiger partial charge in [-0.15, -0.1) is 0 Å². The normalized spacial score (nSPS) is 31.1. The SMILES string of the molecule is CCCc1cccc2c1CCC1(C)CNCC21. The quantitative estimate of drug-likeness (QED) is 0.820. The van der Waals surface area contributed by atoms with Crippen LogP contribution in [0, 0.1) is 5.41 Å². The fraction of sp³-hybridized carbons (Fsp3) is 0.625. The van der Waals surface area contributed by atoms with E-state index in [0.29, 0.717) is 5.41 Å². The van der Waals surface area contributed by atoms with E-state index in [4.69, 9.17) is 0 Å². The number of rotatable bonds is 2. The van der Waals surface area contributed by atoms with Crippen LogP contribution >= 0.6 is 0 Å². The first-order valence-electron chi connectivity index (χ1n) is 7.06. The lowest BCUT2D eigenvalue weighted by Crippen LogP contribution is -2.30. The molecular formula is C16H23N. The van der Waals surface area contributed by atoms with Gasteiger partial charge in [0, 0.05) is 19.0 Å². The molecule has 1 aliphatic carbocycles. The molecule has 0 amide bonds. The predicted molar refractivity (Wildman–Crippen MR) is 72.5 cm³/mol. The molecule has 2 aliphatic rings. The Kier molecular flexibility index (Phi) is 2.74. The molecule has 0 spiro atoms. The molecule has 1 fully saturated rings. The van der Waals surface area contributed by atoms with Gasteiger partial charge in [-0.3, -0.25) is 0 Å². The van der Waals surface area contributed by atoms with Crippen LogP contribution in [0.4, 0.5) is 0 Å². The molecule has 1 aliphatic heterocycles. The summed E-state index contributed by atoms with van der Waals surface area (Å²) in [6, 6.07) is 6.99. The molecule has 3 rings (SSSR count). The first kappa shape index (κ1) is 11.3. The van der Waals surface area contributed by atoms with Gasteiger partial charge in [0.1, 0.15) is 0 Å². The number of nitrogens with one attached hydrogen (secondary N) is 1. The highest BCUT2D eigenvalue weighted by Gasteiger charge is 2.43. The van der Waals surface area contributed by atoms with E-state index in [1.165, 1.54) is 38.8 Å². The van der Waals surface area contributed by atoms with Crippen molar-refractivity contribution < 1.29 is 0 Å². The second-order valence-electron chi connectivity index (χ2n) is 6.07. The lowest BCUT2D eigenvalue weighted by molar-refractivity contribution is 0.277. The van der Waals surface area contributed by atoms with Crippen molar-refractivity contribution in [2.24, 2.45) is 5.41 Å². The van der Waals surface area contributed by atoms with Gasteiger partial charge < -0.3 is 5.32 Å². The molecule has 0 radical (unpaired) electrons. The van der Waals surface area contributed by atoms with Gasteiger partial charge in [0.15, 0.2) is 0 Å². The van der Waals surface area contributed by atoms with E-state index in [2.05, 4.69) is 37.4 Å². The predicted octanol–water partition coefficient (Wildman–Crippen LogP) is 3.28. The molecule has 1 N–H and O–H groups in total. The summed E-state index contributed by atoms with van der Waals surface area (Å²) in [5, 5.41) is 3.60. The first-order valence-corrected chi connectivity index (χ1v) is 7.06. The highest BCUT2D eigenvalue weighted by Crippen LogP contribution is 2.48. The maximum atomic E-state index is 3.60. The summed E-state index contributed by atoms with van der Waals surface area (Å²) in [7, 11) is 0. The number of fused-ring (bicyclic) bond motifs is 3. The second-order valence-corrected chi connectivity index (χ2v) is 6.07. The van der Waals surface area contributed by atoms with E-state index in [1.54, 1.807) is 16.7 Å². The molecule has 2 unspecified atom stereocenters. The third kappa shape index (κ3) is 1.72. The number of benzene rings is 1. The maximum Gasteiger partial charge on any atom is 0.00323 e. The summed E-state index contributed by atoms with van der Waals surface area (Å²) < 4.78 is 0. The number of hydrogen-bond acceptors (Lipinski definition) is 1. The minimum atomic E-state index is 0.512. The van der Waals surface area contributed by atoms with Crippen molar-refractivity contribution in [3.8, 4) is 0 Å². The summed E-state index contributed by atoms with van der Waals surface area (Å²) >= 11 is 0. The van der Waals surface area contributed by atoms with Crippen LogP contribution in [0.2, 0.25) is 0 Å². The Morgan fingerprint density at radius 3 is 3.12 bits per heavy atom. The molecule has 1 heteroatoms. The van der Waals surface area contributed by atoms with Gasteiger partial charge in [-0.1, -0.05) is 38.5 Å². The Labute approximate surface area is 105 Å². The summed E-state index contributed by atoms with van der Waals surface area (Å²) in [5.41, 5.74) is 5.45.